The number of carbonyl (C=O) groups excluding carboxylic acids is 2. The zero-order valence-electron chi connectivity index (χ0n) is 29.0. The summed E-state index contributed by atoms with van der Waals surface area (Å²) in [6, 6.07) is 45.4. The van der Waals surface area contributed by atoms with Crippen molar-refractivity contribution in [2.75, 3.05) is 26.4 Å². The summed E-state index contributed by atoms with van der Waals surface area (Å²) < 4.78 is 22.1. The van der Waals surface area contributed by atoms with Crippen molar-refractivity contribution in [2.45, 2.75) is 24.2 Å². The summed E-state index contributed by atoms with van der Waals surface area (Å²) in [4.78, 5) is 23.0. The second kappa shape index (κ2) is 15.4. The first-order valence-electron chi connectivity index (χ1n) is 17.5. The molecule has 0 bridgehead atoms. The minimum Gasteiger partial charge on any atom is -0.490 e. The Bertz CT molecular complexity index is 2260. The van der Waals surface area contributed by atoms with Crippen LogP contribution in [0, 0.1) is 0 Å². The van der Waals surface area contributed by atoms with Crippen LogP contribution in [-0.2, 0) is 24.5 Å². The molecule has 260 valence electrons. The van der Waals surface area contributed by atoms with E-state index in [1.807, 2.05) is 24.3 Å². The van der Waals surface area contributed by atoms with Crippen LogP contribution < -0.4 is 9.47 Å². The van der Waals surface area contributed by atoms with Gasteiger partial charge in [-0.25, -0.2) is 4.79 Å². The molecular weight excluding hydrogens is 648 g/mol. The van der Waals surface area contributed by atoms with Gasteiger partial charge in [0.1, 0.15) is 37.9 Å². The summed E-state index contributed by atoms with van der Waals surface area (Å²) in [7, 11) is 0. The van der Waals surface area contributed by atoms with E-state index in [0.717, 1.165) is 39.8 Å². The fourth-order valence-electron chi connectivity index (χ4n) is 7.42. The van der Waals surface area contributed by atoms with Gasteiger partial charge in [0.05, 0.1) is 6.42 Å². The predicted molar refractivity (Wildman–Crippen MR) is 205 cm³/mol. The molecule has 6 heteroatoms. The number of ether oxygens (including phenoxy) is 4. The largest absolute Gasteiger partial charge is 0.490 e. The van der Waals surface area contributed by atoms with Gasteiger partial charge in [0.15, 0.2) is 0 Å². The molecule has 0 saturated carbocycles. The van der Waals surface area contributed by atoms with Gasteiger partial charge in [-0.15, -0.1) is 6.58 Å². The van der Waals surface area contributed by atoms with Crippen LogP contribution in [-0.4, -0.2) is 38.4 Å². The summed E-state index contributed by atoms with van der Waals surface area (Å²) in [5.74, 6) is 0.874. The Balaban J connectivity index is 1.25. The topological polar surface area (TPSA) is 71.1 Å². The number of hydrogen-bond acceptors (Lipinski definition) is 6. The van der Waals surface area contributed by atoms with Crippen molar-refractivity contribution in [3.05, 3.63) is 181 Å². The highest BCUT2D eigenvalue weighted by molar-refractivity contribution is 5.87. The molecule has 1 aliphatic carbocycles. The minimum absolute atomic E-state index is 0.153. The summed E-state index contributed by atoms with van der Waals surface area (Å²) in [6.45, 7) is 7.86. The van der Waals surface area contributed by atoms with E-state index in [1.165, 1.54) is 33.9 Å². The number of benzene rings is 6. The fraction of sp³-hybridized carbons (Fsp3) is 0.174. The predicted octanol–water partition coefficient (Wildman–Crippen LogP) is 9.47. The quantitative estimate of drug-likeness (QED) is 0.0492. The maximum atomic E-state index is 11.7. The van der Waals surface area contributed by atoms with Gasteiger partial charge in [0, 0.05) is 17.4 Å². The Kier molecular flexibility index (Phi) is 10.2. The van der Waals surface area contributed by atoms with Crippen LogP contribution in [0.25, 0.3) is 21.5 Å². The van der Waals surface area contributed by atoms with Gasteiger partial charge in [0.2, 0.25) is 0 Å². The SMILES string of the molecule is C=CCC(=O)OCCOc1ccc2cc(C3(c4ccc5cc(OCCOC(=O)C=C)ccc5c4)CC(c4ccccc4)c4ccccc43)ccc2c1. The van der Waals surface area contributed by atoms with Gasteiger partial charge >= 0.3 is 11.9 Å². The molecule has 0 radical (unpaired) electrons. The van der Waals surface area contributed by atoms with Crippen LogP contribution in [0.15, 0.2) is 153 Å². The van der Waals surface area contributed by atoms with Crippen molar-refractivity contribution in [3.8, 4) is 11.5 Å². The highest BCUT2D eigenvalue weighted by Crippen LogP contribution is 2.56. The Morgan fingerprint density at radius 1 is 0.635 bits per heavy atom. The normalized spacial score (nSPS) is 16.2. The van der Waals surface area contributed by atoms with Crippen LogP contribution in [0.3, 0.4) is 0 Å². The zero-order valence-corrected chi connectivity index (χ0v) is 29.0. The lowest BCUT2D eigenvalue weighted by Crippen LogP contribution is -2.27. The van der Waals surface area contributed by atoms with Crippen molar-refractivity contribution in [2.24, 2.45) is 0 Å². The maximum absolute atomic E-state index is 11.7. The minimum atomic E-state index is -0.465. The van der Waals surface area contributed by atoms with Crippen LogP contribution in [0.1, 0.15) is 46.6 Å². The smallest absolute Gasteiger partial charge is 0.330 e. The van der Waals surface area contributed by atoms with E-state index in [9.17, 15) is 9.59 Å². The Hall–Kier alpha value is -6.14. The molecular formula is C46H40O6. The molecule has 0 N–H and O–H groups in total. The molecule has 0 saturated heterocycles. The van der Waals surface area contributed by atoms with Crippen molar-refractivity contribution in [1.82, 2.24) is 0 Å². The number of rotatable bonds is 14. The van der Waals surface area contributed by atoms with Gasteiger partial charge < -0.3 is 18.9 Å². The second-order valence-electron chi connectivity index (χ2n) is 12.9. The second-order valence-corrected chi connectivity index (χ2v) is 12.9. The molecule has 1 aliphatic rings. The van der Waals surface area contributed by atoms with Crippen LogP contribution in [0.5, 0.6) is 11.5 Å². The van der Waals surface area contributed by atoms with Gasteiger partial charge in [0.25, 0.3) is 0 Å². The first-order valence-corrected chi connectivity index (χ1v) is 17.5. The lowest BCUT2D eigenvalue weighted by atomic mass is 9.69. The lowest BCUT2D eigenvalue weighted by Gasteiger charge is -2.33. The molecule has 0 heterocycles. The molecule has 0 aromatic heterocycles. The summed E-state index contributed by atoms with van der Waals surface area (Å²) in [5, 5.41) is 4.35. The molecule has 6 nitrogen and oxygen atoms in total. The summed E-state index contributed by atoms with van der Waals surface area (Å²) in [6.07, 6.45) is 3.73. The number of fused-ring (bicyclic) bond motifs is 3. The Morgan fingerprint density at radius 3 is 1.81 bits per heavy atom. The van der Waals surface area contributed by atoms with E-state index in [4.69, 9.17) is 18.9 Å². The number of hydrogen-bond donors (Lipinski definition) is 0. The van der Waals surface area contributed by atoms with Gasteiger partial charge in [-0.3, -0.25) is 4.79 Å². The first-order chi connectivity index (χ1) is 25.5. The molecule has 0 spiro atoms. The molecule has 6 aromatic carbocycles. The molecule has 0 amide bonds. The average Bonchev–Trinajstić information content (AvgIpc) is 3.54. The monoisotopic (exact) mass is 688 g/mol. The lowest BCUT2D eigenvalue weighted by molar-refractivity contribution is -0.143. The Labute approximate surface area is 303 Å². The average molecular weight is 689 g/mol. The molecule has 6 aromatic rings. The van der Waals surface area contributed by atoms with E-state index in [-0.39, 0.29) is 44.7 Å². The van der Waals surface area contributed by atoms with Crippen molar-refractivity contribution in [1.29, 1.82) is 0 Å². The van der Waals surface area contributed by atoms with Crippen LogP contribution in [0.2, 0.25) is 0 Å². The van der Waals surface area contributed by atoms with Gasteiger partial charge in [-0.1, -0.05) is 104 Å². The van der Waals surface area contributed by atoms with Gasteiger partial charge in [-0.2, -0.15) is 0 Å². The molecule has 0 fully saturated rings. The van der Waals surface area contributed by atoms with Crippen LogP contribution >= 0.6 is 0 Å². The maximum Gasteiger partial charge on any atom is 0.330 e. The third kappa shape index (κ3) is 7.06. The molecule has 52 heavy (non-hydrogen) atoms. The standard InChI is InChI=1S/C46H40O6/c1-3-10-45(48)52-26-24-50-40-22-18-34-28-38(20-16-36(34)30-40)46(31-42(32-11-6-5-7-12-32)41-13-8-9-14-43(41)46)37-19-15-35-29-39(21-17-33(35)27-37)49-23-25-51-44(47)4-2/h3-9,11-22,27-30,42H,1-2,10,23-26,31H2. The van der Waals surface area contributed by atoms with Gasteiger partial charge in [-0.05, 0) is 92.2 Å². The van der Waals surface area contributed by atoms with Crippen molar-refractivity contribution in [3.63, 3.8) is 0 Å². The number of carbonyl (C=O) groups is 2. The highest BCUT2D eigenvalue weighted by Gasteiger charge is 2.46. The van der Waals surface area contributed by atoms with Crippen molar-refractivity contribution < 1.29 is 28.5 Å². The van der Waals surface area contributed by atoms with Crippen LogP contribution in [0.4, 0.5) is 0 Å². The molecule has 7 rings (SSSR count). The van der Waals surface area contributed by atoms with E-state index in [0.29, 0.717) is 5.75 Å². The summed E-state index contributed by atoms with van der Waals surface area (Å²) >= 11 is 0. The molecule has 0 aliphatic heterocycles. The third-order valence-electron chi connectivity index (χ3n) is 9.81. The Morgan fingerprint density at radius 2 is 1.19 bits per heavy atom. The summed E-state index contributed by atoms with van der Waals surface area (Å²) in [5.41, 5.74) is 5.97. The highest BCUT2D eigenvalue weighted by atomic mass is 16.6. The van der Waals surface area contributed by atoms with E-state index >= 15 is 0 Å². The van der Waals surface area contributed by atoms with E-state index in [2.05, 4.69) is 116 Å². The van der Waals surface area contributed by atoms with E-state index < -0.39 is 11.4 Å². The first kappa shape index (κ1) is 34.3. The fourth-order valence-corrected chi connectivity index (χ4v) is 7.42. The third-order valence-corrected chi connectivity index (χ3v) is 9.81. The zero-order chi connectivity index (χ0) is 35.9. The van der Waals surface area contributed by atoms with Crippen molar-refractivity contribution >= 4 is 33.5 Å². The number of esters is 2. The molecule has 2 atom stereocenters. The molecule has 2 unspecified atom stereocenters. The van der Waals surface area contributed by atoms with E-state index in [1.54, 1.807) is 0 Å².